The number of methoxy groups -OCH3 is 1. The van der Waals surface area contributed by atoms with Gasteiger partial charge in [-0.15, -0.1) is 0 Å². The quantitative estimate of drug-likeness (QED) is 0.677. The SMILES string of the molecule is COc1ccccc1N1CCN(CC(=O)N2CCSC(c3cc(F)ccc3F)CC2)C1=O. The van der Waals surface area contributed by atoms with Gasteiger partial charge in [-0.2, -0.15) is 11.8 Å². The summed E-state index contributed by atoms with van der Waals surface area (Å²) in [6.07, 6.45) is 0.526. The Morgan fingerprint density at radius 1 is 1.12 bits per heavy atom. The number of benzene rings is 2. The molecule has 2 saturated heterocycles. The van der Waals surface area contributed by atoms with Gasteiger partial charge in [-0.1, -0.05) is 12.1 Å². The number of amides is 3. The zero-order valence-electron chi connectivity index (χ0n) is 17.8. The summed E-state index contributed by atoms with van der Waals surface area (Å²) in [4.78, 5) is 30.7. The maximum Gasteiger partial charge on any atom is 0.325 e. The maximum absolute atomic E-state index is 14.2. The van der Waals surface area contributed by atoms with E-state index in [9.17, 15) is 18.4 Å². The van der Waals surface area contributed by atoms with Crippen molar-refractivity contribution in [1.29, 1.82) is 0 Å². The lowest BCUT2D eigenvalue weighted by Gasteiger charge is -2.24. The molecule has 32 heavy (non-hydrogen) atoms. The summed E-state index contributed by atoms with van der Waals surface area (Å²) in [6, 6.07) is 10.5. The molecule has 9 heteroatoms. The Morgan fingerprint density at radius 3 is 2.75 bits per heavy atom. The highest BCUT2D eigenvalue weighted by molar-refractivity contribution is 7.99. The van der Waals surface area contributed by atoms with Crippen LogP contribution in [0.25, 0.3) is 0 Å². The van der Waals surface area contributed by atoms with Crippen molar-refractivity contribution in [2.24, 2.45) is 0 Å². The number of anilines is 1. The Kier molecular flexibility index (Phi) is 6.83. The topological polar surface area (TPSA) is 53.1 Å². The molecule has 2 fully saturated rings. The van der Waals surface area contributed by atoms with E-state index >= 15 is 0 Å². The molecule has 0 saturated carbocycles. The minimum Gasteiger partial charge on any atom is -0.495 e. The first-order valence-electron chi connectivity index (χ1n) is 10.5. The van der Waals surface area contributed by atoms with E-state index in [1.807, 2.05) is 18.2 Å². The van der Waals surface area contributed by atoms with Crippen molar-refractivity contribution < 1.29 is 23.1 Å². The van der Waals surface area contributed by atoms with Gasteiger partial charge < -0.3 is 14.5 Å². The van der Waals surface area contributed by atoms with E-state index < -0.39 is 11.6 Å². The van der Waals surface area contributed by atoms with Crippen LogP contribution in [0, 0.1) is 11.6 Å². The highest BCUT2D eigenvalue weighted by atomic mass is 32.2. The van der Waals surface area contributed by atoms with Gasteiger partial charge in [-0.25, -0.2) is 13.6 Å². The number of nitrogens with zero attached hydrogens (tertiary/aromatic N) is 3. The summed E-state index contributed by atoms with van der Waals surface area (Å²) in [6.45, 7) is 1.86. The van der Waals surface area contributed by atoms with Crippen molar-refractivity contribution in [3.05, 3.63) is 59.7 Å². The molecular formula is C23H25F2N3O3S. The number of hydrogen-bond acceptors (Lipinski definition) is 4. The number of halogens is 2. The van der Waals surface area contributed by atoms with Crippen LogP contribution in [0.4, 0.5) is 19.3 Å². The number of urea groups is 1. The monoisotopic (exact) mass is 461 g/mol. The first-order valence-corrected chi connectivity index (χ1v) is 11.6. The van der Waals surface area contributed by atoms with Crippen molar-refractivity contribution in [3.8, 4) is 5.75 Å². The molecule has 0 N–H and O–H groups in total. The van der Waals surface area contributed by atoms with Gasteiger partial charge >= 0.3 is 6.03 Å². The minimum atomic E-state index is -0.466. The van der Waals surface area contributed by atoms with E-state index in [1.54, 1.807) is 23.0 Å². The maximum atomic E-state index is 14.2. The van der Waals surface area contributed by atoms with E-state index in [0.717, 1.165) is 12.1 Å². The average molecular weight is 462 g/mol. The molecule has 0 bridgehead atoms. The zero-order chi connectivity index (χ0) is 22.7. The molecule has 1 atom stereocenters. The smallest absolute Gasteiger partial charge is 0.325 e. The number of carbonyl (C=O) groups excluding carboxylic acids is 2. The molecule has 170 valence electrons. The third kappa shape index (κ3) is 4.67. The van der Waals surface area contributed by atoms with Crippen molar-refractivity contribution in [2.45, 2.75) is 11.7 Å². The number of carbonyl (C=O) groups is 2. The molecule has 2 heterocycles. The highest BCUT2D eigenvalue weighted by Crippen LogP contribution is 2.36. The second-order valence-corrected chi connectivity index (χ2v) is 9.03. The Bertz CT molecular complexity index is 1010. The van der Waals surface area contributed by atoms with Gasteiger partial charge in [-0.3, -0.25) is 9.69 Å². The Balaban J connectivity index is 1.37. The molecule has 2 aromatic rings. The van der Waals surface area contributed by atoms with Crippen LogP contribution in [0.15, 0.2) is 42.5 Å². The van der Waals surface area contributed by atoms with Crippen molar-refractivity contribution in [1.82, 2.24) is 9.80 Å². The number of thioether (sulfide) groups is 1. The van der Waals surface area contributed by atoms with E-state index in [-0.39, 0.29) is 23.7 Å². The summed E-state index contributed by atoms with van der Waals surface area (Å²) < 4.78 is 33.1. The summed E-state index contributed by atoms with van der Waals surface area (Å²) >= 11 is 1.52. The second kappa shape index (κ2) is 9.77. The van der Waals surface area contributed by atoms with Crippen molar-refractivity contribution in [2.75, 3.05) is 50.5 Å². The van der Waals surface area contributed by atoms with Crippen molar-refractivity contribution in [3.63, 3.8) is 0 Å². The van der Waals surface area contributed by atoms with Gasteiger partial charge in [0.1, 0.15) is 23.9 Å². The summed E-state index contributed by atoms with van der Waals surface area (Å²) in [5, 5.41) is -0.210. The van der Waals surface area contributed by atoms with Crippen LogP contribution < -0.4 is 9.64 Å². The zero-order valence-corrected chi connectivity index (χ0v) is 18.6. The molecule has 3 amide bonds. The Hall–Kier alpha value is -2.81. The van der Waals surface area contributed by atoms with E-state index in [0.29, 0.717) is 55.4 Å². The van der Waals surface area contributed by atoms with Crippen LogP contribution in [0.2, 0.25) is 0 Å². The summed E-state index contributed by atoms with van der Waals surface area (Å²) in [5.41, 5.74) is 1.02. The lowest BCUT2D eigenvalue weighted by Crippen LogP contribution is -2.43. The van der Waals surface area contributed by atoms with Crippen LogP contribution in [0.5, 0.6) is 5.75 Å². The van der Waals surface area contributed by atoms with Crippen LogP contribution in [0.1, 0.15) is 17.2 Å². The fourth-order valence-electron chi connectivity index (χ4n) is 4.10. The molecule has 0 aliphatic carbocycles. The lowest BCUT2D eigenvalue weighted by molar-refractivity contribution is -0.131. The number of rotatable bonds is 5. The van der Waals surface area contributed by atoms with Crippen LogP contribution in [0.3, 0.4) is 0 Å². The van der Waals surface area contributed by atoms with Crippen LogP contribution in [-0.4, -0.2) is 67.3 Å². The first kappa shape index (κ1) is 22.4. The van der Waals surface area contributed by atoms with Gasteiger partial charge in [0.05, 0.1) is 12.8 Å². The number of ether oxygens (including phenoxy) is 1. The minimum absolute atomic E-state index is 0.00581. The second-order valence-electron chi connectivity index (χ2n) is 7.72. The molecule has 2 aliphatic heterocycles. The van der Waals surface area contributed by atoms with Gasteiger partial charge in [0, 0.05) is 42.7 Å². The van der Waals surface area contributed by atoms with Crippen LogP contribution >= 0.6 is 11.8 Å². The fraction of sp³-hybridized carbons (Fsp3) is 0.391. The molecule has 6 nitrogen and oxygen atoms in total. The summed E-state index contributed by atoms with van der Waals surface area (Å²) in [5.74, 6) is 0.192. The third-order valence-corrected chi connectivity index (χ3v) is 7.11. The van der Waals surface area contributed by atoms with Gasteiger partial charge in [0.25, 0.3) is 0 Å². The molecule has 0 spiro atoms. The molecular weight excluding hydrogens is 436 g/mol. The Morgan fingerprint density at radius 2 is 1.94 bits per heavy atom. The number of hydrogen-bond donors (Lipinski definition) is 0. The predicted molar refractivity (Wildman–Crippen MR) is 120 cm³/mol. The molecule has 2 aromatic carbocycles. The predicted octanol–water partition coefficient (Wildman–Crippen LogP) is 3.92. The van der Waals surface area contributed by atoms with Gasteiger partial charge in [0.2, 0.25) is 5.91 Å². The van der Waals surface area contributed by atoms with Gasteiger partial charge in [-0.05, 0) is 36.8 Å². The molecule has 2 aliphatic rings. The lowest BCUT2D eigenvalue weighted by atomic mass is 10.1. The standard InChI is InChI=1S/C23H25F2N3O3S/c1-31-20-5-3-2-4-19(20)28-11-10-27(23(28)30)15-22(29)26-9-8-21(32-13-12-26)17-14-16(24)6-7-18(17)25/h2-7,14,21H,8-13,15H2,1H3. The van der Waals surface area contributed by atoms with Crippen molar-refractivity contribution >= 4 is 29.4 Å². The third-order valence-electron chi connectivity index (χ3n) is 5.80. The van der Waals surface area contributed by atoms with Crippen LogP contribution in [-0.2, 0) is 4.79 Å². The average Bonchev–Trinajstić information content (AvgIpc) is 3.00. The molecule has 1 unspecified atom stereocenters. The number of para-hydroxylation sites is 2. The Labute approximate surface area is 190 Å². The van der Waals surface area contributed by atoms with Gasteiger partial charge in [0.15, 0.2) is 0 Å². The first-order chi connectivity index (χ1) is 15.5. The summed E-state index contributed by atoms with van der Waals surface area (Å²) in [7, 11) is 1.56. The molecule has 0 radical (unpaired) electrons. The largest absolute Gasteiger partial charge is 0.495 e. The highest BCUT2D eigenvalue weighted by Gasteiger charge is 2.34. The van der Waals surface area contributed by atoms with E-state index in [2.05, 4.69) is 0 Å². The fourth-order valence-corrected chi connectivity index (χ4v) is 5.34. The van der Waals surface area contributed by atoms with E-state index in [1.165, 1.54) is 22.7 Å². The molecule has 0 aromatic heterocycles. The molecule has 4 rings (SSSR count). The normalized spacial score (nSPS) is 19.3. The van der Waals surface area contributed by atoms with E-state index in [4.69, 9.17) is 4.74 Å².